The van der Waals surface area contributed by atoms with E-state index in [1.165, 1.54) is 19.3 Å². The summed E-state index contributed by atoms with van der Waals surface area (Å²) in [5.41, 5.74) is 5.58. The molecule has 0 aliphatic heterocycles. The molecule has 0 saturated heterocycles. The molecule has 4 nitrogen and oxygen atoms in total. The van der Waals surface area contributed by atoms with E-state index in [0.29, 0.717) is 11.7 Å². The van der Waals surface area contributed by atoms with Crippen molar-refractivity contribution in [2.75, 3.05) is 5.73 Å². The fraction of sp³-hybridized carbons (Fsp3) is 0.667. The minimum Gasteiger partial charge on any atom is -0.391 e. The summed E-state index contributed by atoms with van der Waals surface area (Å²) in [6.07, 6.45) is 5.87. The first-order valence-corrected chi connectivity index (χ1v) is 4.76. The molecule has 3 N–H and O–H groups in total. The maximum atomic E-state index is 11.0. The quantitative estimate of drug-likeness (QED) is 0.692. The van der Waals surface area contributed by atoms with Gasteiger partial charge in [0.05, 0.1) is 0 Å². The van der Waals surface area contributed by atoms with Crippen molar-refractivity contribution in [3.8, 4) is 0 Å². The predicted octanol–water partition coefficient (Wildman–Crippen LogP) is 1.60. The van der Waals surface area contributed by atoms with Crippen molar-refractivity contribution < 1.29 is 4.52 Å². The van der Waals surface area contributed by atoms with Gasteiger partial charge in [0.15, 0.2) is 5.76 Å². The molecule has 72 valence electrons. The number of hydrogen-bond acceptors (Lipinski definition) is 3. The molecular weight excluding hydrogens is 168 g/mol. The van der Waals surface area contributed by atoms with Crippen LogP contribution in [0.5, 0.6) is 0 Å². The lowest BCUT2D eigenvalue weighted by atomic mass is 9.87. The Morgan fingerprint density at radius 3 is 2.54 bits per heavy atom. The van der Waals surface area contributed by atoms with Gasteiger partial charge in [-0.3, -0.25) is 4.79 Å². The lowest BCUT2D eigenvalue weighted by Gasteiger charge is -2.18. The van der Waals surface area contributed by atoms with Gasteiger partial charge < -0.3 is 10.3 Å². The second kappa shape index (κ2) is 3.28. The van der Waals surface area contributed by atoms with Crippen molar-refractivity contribution >= 4 is 5.69 Å². The van der Waals surface area contributed by atoms with Crippen LogP contribution in [-0.4, -0.2) is 5.16 Å². The highest BCUT2D eigenvalue weighted by Crippen LogP contribution is 2.33. The molecular formula is C9H14N2O2. The molecule has 4 heteroatoms. The molecule has 1 saturated carbocycles. The van der Waals surface area contributed by atoms with Gasteiger partial charge in [0.2, 0.25) is 0 Å². The van der Waals surface area contributed by atoms with Crippen molar-refractivity contribution in [2.45, 2.75) is 38.0 Å². The Hall–Kier alpha value is -1.19. The van der Waals surface area contributed by atoms with E-state index in [1.807, 2.05) is 0 Å². The van der Waals surface area contributed by atoms with Crippen LogP contribution in [0.15, 0.2) is 9.32 Å². The van der Waals surface area contributed by atoms with E-state index in [1.54, 1.807) is 0 Å². The molecule has 0 atom stereocenters. The molecule has 1 fully saturated rings. The molecule has 0 spiro atoms. The summed E-state index contributed by atoms with van der Waals surface area (Å²) in [5.74, 6) is 1.03. The van der Waals surface area contributed by atoms with E-state index in [9.17, 15) is 4.79 Å². The molecule has 0 bridgehead atoms. The molecule has 13 heavy (non-hydrogen) atoms. The number of nitrogen functional groups attached to an aromatic ring is 1. The fourth-order valence-electron chi connectivity index (χ4n) is 1.99. The third-order valence-electron chi connectivity index (χ3n) is 2.74. The van der Waals surface area contributed by atoms with Crippen molar-refractivity contribution in [2.24, 2.45) is 0 Å². The summed E-state index contributed by atoms with van der Waals surface area (Å²) in [6, 6.07) is 0. The largest absolute Gasteiger partial charge is 0.391 e. The normalized spacial score (nSPS) is 19.1. The minimum atomic E-state index is -0.291. The van der Waals surface area contributed by atoms with Crippen LogP contribution in [0, 0.1) is 0 Å². The number of H-pyrrole nitrogens is 1. The average molecular weight is 182 g/mol. The van der Waals surface area contributed by atoms with E-state index in [-0.39, 0.29) is 11.2 Å². The monoisotopic (exact) mass is 182 g/mol. The van der Waals surface area contributed by atoms with Crippen LogP contribution in [0.2, 0.25) is 0 Å². The minimum absolute atomic E-state index is 0.270. The maximum absolute atomic E-state index is 11.0. The summed E-state index contributed by atoms with van der Waals surface area (Å²) in [7, 11) is 0. The SMILES string of the molecule is Nc1c(C2CCCCC2)o[nH]c1=O. The van der Waals surface area contributed by atoms with Gasteiger partial charge in [-0.25, -0.2) is 0 Å². The third kappa shape index (κ3) is 1.48. The van der Waals surface area contributed by atoms with Crippen LogP contribution in [0.1, 0.15) is 43.8 Å². The number of anilines is 1. The molecule has 0 unspecified atom stereocenters. The summed E-state index contributed by atoms with van der Waals surface area (Å²) >= 11 is 0. The lowest BCUT2D eigenvalue weighted by Crippen LogP contribution is -2.09. The Morgan fingerprint density at radius 1 is 1.31 bits per heavy atom. The number of nitrogens with two attached hydrogens (primary N) is 1. The average Bonchev–Trinajstić information content (AvgIpc) is 2.49. The van der Waals surface area contributed by atoms with Crippen LogP contribution < -0.4 is 11.3 Å². The smallest absolute Gasteiger partial charge is 0.303 e. The van der Waals surface area contributed by atoms with Crippen molar-refractivity contribution in [1.82, 2.24) is 5.16 Å². The van der Waals surface area contributed by atoms with Crippen LogP contribution >= 0.6 is 0 Å². The molecule has 0 radical (unpaired) electrons. The molecule has 0 amide bonds. The van der Waals surface area contributed by atoms with Crippen LogP contribution in [0.25, 0.3) is 0 Å². The van der Waals surface area contributed by atoms with Crippen LogP contribution in [0.4, 0.5) is 5.69 Å². The zero-order valence-electron chi connectivity index (χ0n) is 7.51. The van der Waals surface area contributed by atoms with Crippen molar-refractivity contribution in [1.29, 1.82) is 0 Å². The van der Waals surface area contributed by atoms with E-state index < -0.39 is 0 Å². The van der Waals surface area contributed by atoms with E-state index in [4.69, 9.17) is 10.3 Å². The third-order valence-corrected chi connectivity index (χ3v) is 2.74. The standard InChI is InChI=1S/C9H14N2O2/c10-7-8(13-11-9(7)12)6-4-2-1-3-5-6/h6H,1-5,10H2,(H,11,12). The van der Waals surface area contributed by atoms with Crippen molar-refractivity contribution in [3.63, 3.8) is 0 Å². The van der Waals surface area contributed by atoms with Crippen molar-refractivity contribution in [3.05, 3.63) is 16.1 Å². The van der Waals surface area contributed by atoms with E-state index >= 15 is 0 Å². The number of hydrogen-bond donors (Lipinski definition) is 2. The topological polar surface area (TPSA) is 72.0 Å². The van der Waals surface area contributed by atoms with Gasteiger partial charge in [0.1, 0.15) is 5.69 Å². The first-order valence-electron chi connectivity index (χ1n) is 4.76. The molecule has 1 aliphatic carbocycles. The zero-order chi connectivity index (χ0) is 9.26. The highest BCUT2D eigenvalue weighted by molar-refractivity contribution is 5.40. The zero-order valence-corrected chi connectivity index (χ0v) is 7.51. The maximum Gasteiger partial charge on any atom is 0.303 e. The number of nitrogens with one attached hydrogen (secondary N) is 1. The van der Waals surface area contributed by atoms with Gasteiger partial charge in [-0.05, 0) is 12.8 Å². The molecule has 1 aromatic heterocycles. The summed E-state index contributed by atoms with van der Waals surface area (Å²) in [6.45, 7) is 0. The Morgan fingerprint density at radius 2 is 2.00 bits per heavy atom. The Labute approximate surface area is 76.1 Å². The number of aromatic nitrogens is 1. The Bertz CT molecular complexity index is 334. The summed E-state index contributed by atoms with van der Waals surface area (Å²) < 4.78 is 5.07. The second-order valence-electron chi connectivity index (χ2n) is 3.65. The summed E-state index contributed by atoms with van der Waals surface area (Å²) in [5, 5.41) is 2.28. The lowest BCUT2D eigenvalue weighted by molar-refractivity contribution is 0.320. The van der Waals surface area contributed by atoms with E-state index in [0.717, 1.165) is 12.8 Å². The Balaban J connectivity index is 2.23. The number of rotatable bonds is 1. The predicted molar refractivity (Wildman–Crippen MR) is 49.6 cm³/mol. The van der Waals surface area contributed by atoms with Gasteiger partial charge in [-0.2, -0.15) is 5.16 Å². The van der Waals surface area contributed by atoms with Crippen LogP contribution in [-0.2, 0) is 0 Å². The Kier molecular flexibility index (Phi) is 2.12. The van der Waals surface area contributed by atoms with Gasteiger partial charge in [0.25, 0.3) is 0 Å². The first-order chi connectivity index (χ1) is 6.29. The van der Waals surface area contributed by atoms with E-state index in [2.05, 4.69) is 5.16 Å². The molecule has 2 rings (SSSR count). The van der Waals surface area contributed by atoms with Gasteiger partial charge in [-0.1, -0.05) is 19.3 Å². The molecule has 1 heterocycles. The molecule has 1 aromatic rings. The first kappa shape index (κ1) is 8.41. The second-order valence-corrected chi connectivity index (χ2v) is 3.65. The summed E-state index contributed by atoms with van der Waals surface area (Å²) in [4.78, 5) is 11.0. The van der Waals surface area contributed by atoms with Crippen LogP contribution in [0.3, 0.4) is 0 Å². The van der Waals surface area contributed by atoms with Gasteiger partial charge >= 0.3 is 5.56 Å². The molecule has 1 aliphatic rings. The highest BCUT2D eigenvalue weighted by atomic mass is 16.5. The van der Waals surface area contributed by atoms with Gasteiger partial charge in [-0.15, -0.1) is 0 Å². The highest BCUT2D eigenvalue weighted by Gasteiger charge is 2.22. The molecule has 0 aromatic carbocycles. The fourth-order valence-corrected chi connectivity index (χ4v) is 1.99. The van der Waals surface area contributed by atoms with Gasteiger partial charge in [0, 0.05) is 5.92 Å². The number of aromatic amines is 1.